The molecule has 0 saturated heterocycles. The maximum Gasteiger partial charge on any atom is 0.288 e. The number of hydrogen-bond acceptors (Lipinski definition) is 5. The quantitative estimate of drug-likeness (QED) is 0.621. The van der Waals surface area contributed by atoms with Crippen LogP contribution in [-0.4, -0.2) is 19.7 Å². The summed E-state index contributed by atoms with van der Waals surface area (Å²) in [5.74, 6) is 1.12. The van der Waals surface area contributed by atoms with Crippen LogP contribution < -0.4 is 4.74 Å². The topological polar surface area (TPSA) is 83.1 Å². The van der Waals surface area contributed by atoms with Crippen LogP contribution in [0.5, 0.6) is 5.75 Å². The van der Waals surface area contributed by atoms with E-state index in [0.29, 0.717) is 18.1 Å². The third-order valence-corrected chi connectivity index (χ3v) is 2.78. The lowest BCUT2D eigenvalue weighted by molar-refractivity contribution is -0.384. The van der Waals surface area contributed by atoms with Gasteiger partial charge in [0.25, 0.3) is 5.69 Å². The summed E-state index contributed by atoms with van der Waals surface area (Å²) in [5.41, 5.74) is -0.147. The van der Waals surface area contributed by atoms with Crippen LogP contribution in [0.1, 0.15) is 12.7 Å². The van der Waals surface area contributed by atoms with Gasteiger partial charge in [-0.1, -0.05) is 11.6 Å². The minimum absolute atomic E-state index is 0.0412. The first-order valence-corrected chi connectivity index (χ1v) is 5.93. The molecule has 8 heteroatoms. The number of aromatic nitrogens is 3. The summed E-state index contributed by atoms with van der Waals surface area (Å²) in [6, 6.07) is 4.21. The zero-order valence-electron chi connectivity index (χ0n) is 10.1. The molecule has 7 nitrogen and oxygen atoms in total. The molecule has 0 aliphatic rings. The Kier molecular flexibility index (Phi) is 3.96. The minimum Gasteiger partial charge on any atom is -0.486 e. The van der Waals surface area contributed by atoms with Crippen LogP contribution in [0.2, 0.25) is 5.02 Å². The Morgan fingerprint density at radius 3 is 2.95 bits per heavy atom. The van der Waals surface area contributed by atoms with Crippen molar-refractivity contribution in [3.05, 3.63) is 45.5 Å². The summed E-state index contributed by atoms with van der Waals surface area (Å²) in [6.07, 6.45) is 1.45. The molecular weight excluding hydrogens is 272 g/mol. The van der Waals surface area contributed by atoms with Crippen molar-refractivity contribution in [2.75, 3.05) is 0 Å². The van der Waals surface area contributed by atoms with Gasteiger partial charge in [0.15, 0.2) is 5.82 Å². The zero-order chi connectivity index (χ0) is 13.8. The lowest BCUT2D eigenvalue weighted by Gasteiger charge is -2.06. The van der Waals surface area contributed by atoms with Gasteiger partial charge >= 0.3 is 0 Å². The summed E-state index contributed by atoms with van der Waals surface area (Å²) in [7, 11) is 0. The molecule has 0 atom stereocenters. The van der Waals surface area contributed by atoms with Gasteiger partial charge in [-0.15, -0.1) is 0 Å². The second kappa shape index (κ2) is 5.66. The van der Waals surface area contributed by atoms with E-state index in [1.807, 2.05) is 6.92 Å². The number of aryl methyl sites for hydroxylation is 1. The first kappa shape index (κ1) is 13.3. The smallest absolute Gasteiger partial charge is 0.288 e. The van der Waals surface area contributed by atoms with Crippen molar-refractivity contribution >= 4 is 17.3 Å². The van der Waals surface area contributed by atoms with E-state index in [1.54, 1.807) is 4.68 Å². The fourth-order valence-corrected chi connectivity index (χ4v) is 1.78. The molecule has 0 spiro atoms. The van der Waals surface area contributed by atoms with Gasteiger partial charge < -0.3 is 4.74 Å². The maximum atomic E-state index is 10.6. The molecule has 0 fully saturated rings. The Morgan fingerprint density at radius 1 is 1.53 bits per heavy atom. The normalized spacial score (nSPS) is 10.4. The third kappa shape index (κ3) is 3.00. The molecule has 0 radical (unpaired) electrons. The summed E-state index contributed by atoms with van der Waals surface area (Å²) < 4.78 is 7.18. The molecule has 1 aromatic carbocycles. The lowest BCUT2D eigenvalue weighted by Crippen LogP contribution is -2.07. The molecule has 2 aromatic rings. The first-order valence-electron chi connectivity index (χ1n) is 5.55. The number of benzene rings is 1. The van der Waals surface area contributed by atoms with Crippen molar-refractivity contribution in [3.63, 3.8) is 0 Å². The molecular formula is C11H11ClN4O3. The van der Waals surface area contributed by atoms with Gasteiger partial charge in [0.1, 0.15) is 23.7 Å². The van der Waals surface area contributed by atoms with Gasteiger partial charge in [0.05, 0.1) is 4.92 Å². The molecule has 0 aliphatic heterocycles. The second-order valence-corrected chi connectivity index (χ2v) is 4.06. The van der Waals surface area contributed by atoms with Crippen LogP contribution in [0.4, 0.5) is 5.69 Å². The molecule has 0 aliphatic carbocycles. The van der Waals surface area contributed by atoms with Crippen LogP contribution in [0.15, 0.2) is 24.5 Å². The van der Waals surface area contributed by atoms with Gasteiger partial charge in [-0.05, 0) is 13.0 Å². The lowest BCUT2D eigenvalue weighted by atomic mass is 10.3. The molecule has 19 heavy (non-hydrogen) atoms. The number of ether oxygens (including phenoxy) is 1. The second-order valence-electron chi connectivity index (χ2n) is 3.65. The summed E-state index contributed by atoms with van der Waals surface area (Å²) in [6.45, 7) is 2.86. The van der Waals surface area contributed by atoms with Crippen molar-refractivity contribution in [1.82, 2.24) is 14.8 Å². The Labute approximate surface area is 113 Å². The van der Waals surface area contributed by atoms with E-state index < -0.39 is 4.92 Å². The molecule has 2 rings (SSSR count). The van der Waals surface area contributed by atoms with Crippen molar-refractivity contribution in [1.29, 1.82) is 0 Å². The Bertz CT molecular complexity index is 599. The molecule has 1 heterocycles. The molecule has 0 bridgehead atoms. The van der Waals surface area contributed by atoms with E-state index in [1.165, 1.54) is 24.5 Å². The SMILES string of the molecule is CCn1ncnc1COc1ccc([N+](=O)[O-])c(Cl)c1. The Morgan fingerprint density at radius 2 is 2.32 bits per heavy atom. The highest BCUT2D eigenvalue weighted by atomic mass is 35.5. The van der Waals surface area contributed by atoms with Gasteiger partial charge in [0, 0.05) is 18.7 Å². The molecule has 0 amide bonds. The Hall–Kier alpha value is -2.15. The van der Waals surface area contributed by atoms with E-state index in [-0.39, 0.29) is 17.3 Å². The van der Waals surface area contributed by atoms with E-state index in [9.17, 15) is 10.1 Å². The van der Waals surface area contributed by atoms with E-state index in [2.05, 4.69) is 10.1 Å². The van der Waals surface area contributed by atoms with Crippen LogP contribution in [-0.2, 0) is 13.2 Å². The number of hydrogen-bond donors (Lipinski definition) is 0. The van der Waals surface area contributed by atoms with Crippen LogP contribution in [0.25, 0.3) is 0 Å². The maximum absolute atomic E-state index is 10.6. The van der Waals surface area contributed by atoms with Crippen LogP contribution in [0.3, 0.4) is 0 Å². The van der Waals surface area contributed by atoms with Gasteiger partial charge in [0.2, 0.25) is 0 Å². The average Bonchev–Trinajstić information content (AvgIpc) is 2.83. The van der Waals surface area contributed by atoms with E-state index >= 15 is 0 Å². The number of nitro groups is 1. The van der Waals surface area contributed by atoms with Gasteiger partial charge in [-0.25, -0.2) is 9.67 Å². The van der Waals surface area contributed by atoms with Crippen molar-refractivity contribution in [2.45, 2.75) is 20.1 Å². The average molecular weight is 283 g/mol. The number of nitro benzene ring substituents is 1. The van der Waals surface area contributed by atoms with Crippen molar-refractivity contribution in [2.24, 2.45) is 0 Å². The number of nitrogens with zero attached hydrogens (tertiary/aromatic N) is 4. The van der Waals surface area contributed by atoms with Crippen LogP contribution in [0, 0.1) is 10.1 Å². The van der Waals surface area contributed by atoms with E-state index in [4.69, 9.17) is 16.3 Å². The molecule has 0 saturated carbocycles. The minimum atomic E-state index is -0.542. The molecule has 1 aromatic heterocycles. The standard InChI is InChI=1S/C11H11ClN4O3/c1-2-15-11(13-7-14-15)6-19-8-3-4-10(16(17)18)9(12)5-8/h3-5,7H,2,6H2,1H3. The largest absolute Gasteiger partial charge is 0.486 e. The van der Waals surface area contributed by atoms with Crippen LogP contribution >= 0.6 is 11.6 Å². The van der Waals surface area contributed by atoms with E-state index in [0.717, 1.165) is 0 Å². The highest BCUT2D eigenvalue weighted by Gasteiger charge is 2.13. The molecule has 0 N–H and O–H groups in total. The highest BCUT2D eigenvalue weighted by molar-refractivity contribution is 6.32. The zero-order valence-corrected chi connectivity index (χ0v) is 10.9. The summed E-state index contributed by atoms with van der Waals surface area (Å²) >= 11 is 5.79. The predicted octanol–water partition coefficient (Wildman–Crippen LogP) is 2.44. The first-order chi connectivity index (χ1) is 9.11. The fourth-order valence-electron chi connectivity index (χ4n) is 1.54. The summed E-state index contributed by atoms with van der Waals surface area (Å²) in [4.78, 5) is 14.1. The number of rotatable bonds is 5. The monoisotopic (exact) mass is 282 g/mol. The third-order valence-electron chi connectivity index (χ3n) is 2.48. The van der Waals surface area contributed by atoms with Crippen molar-refractivity contribution in [3.8, 4) is 5.75 Å². The fraction of sp³-hybridized carbons (Fsp3) is 0.273. The summed E-state index contributed by atoms with van der Waals surface area (Å²) in [5, 5.41) is 14.7. The number of halogens is 1. The predicted molar refractivity (Wildman–Crippen MR) is 68.1 cm³/mol. The Balaban J connectivity index is 2.08. The van der Waals surface area contributed by atoms with Gasteiger partial charge in [-0.3, -0.25) is 10.1 Å². The highest BCUT2D eigenvalue weighted by Crippen LogP contribution is 2.28. The molecule has 0 unspecified atom stereocenters. The van der Waals surface area contributed by atoms with Crippen molar-refractivity contribution < 1.29 is 9.66 Å². The van der Waals surface area contributed by atoms with Gasteiger partial charge in [-0.2, -0.15) is 5.10 Å². The molecule has 100 valence electrons.